The maximum absolute atomic E-state index is 13.8. The van der Waals surface area contributed by atoms with Crippen molar-refractivity contribution in [1.82, 2.24) is 14.9 Å². The van der Waals surface area contributed by atoms with Crippen molar-refractivity contribution in [2.45, 2.75) is 26.4 Å². The van der Waals surface area contributed by atoms with Gasteiger partial charge in [0, 0.05) is 24.1 Å². The highest BCUT2D eigenvalue weighted by Gasteiger charge is 2.43. The first-order chi connectivity index (χ1) is 16.0. The number of fused-ring (bicyclic) bond motifs is 1. The lowest BCUT2D eigenvalue weighted by Gasteiger charge is -2.44. The summed E-state index contributed by atoms with van der Waals surface area (Å²) in [6.45, 7) is 5.52. The van der Waals surface area contributed by atoms with Crippen LogP contribution in [0.3, 0.4) is 0 Å². The number of Topliss-reactive ketones (excluding diaryl/α,β-unsaturated/α-hetero) is 1. The van der Waals surface area contributed by atoms with E-state index in [0.717, 1.165) is 28.7 Å². The Balaban J connectivity index is 1.64. The average molecular weight is 434 g/mol. The predicted molar refractivity (Wildman–Crippen MR) is 132 cm³/mol. The van der Waals surface area contributed by atoms with E-state index in [-0.39, 0.29) is 11.8 Å². The molecule has 4 aromatic rings. The minimum Gasteiger partial charge on any atom is -0.294 e. The molecule has 164 valence electrons. The number of benzene rings is 3. The van der Waals surface area contributed by atoms with Crippen LogP contribution in [-0.4, -0.2) is 27.2 Å². The Hall–Kier alpha value is -3.63. The molecule has 4 nitrogen and oxygen atoms in total. The summed E-state index contributed by atoms with van der Waals surface area (Å²) in [6.07, 6.45) is 3.70. The maximum Gasteiger partial charge on any atom is 0.167 e. The zero-order valence-electron chi connectivity index (χ0n) is 19.0. The van der Waals surface area contributed by atoms with Crippen molar-refractivity contribution in [1.29, 1.82) is 0 Å². The highest BCUT2D eigenvalue weighted by molar-refractivity contribution is 6.05. The first-order valence-electron chi connectivity index (χ1n) is 11.3. The third-order valence-electron chi connectivity index (χ3n) is 6.25. The normalized spacial score (nSPS) is 19.8. The number of likely N-dealkylation sites (tertiary alicyclic amines) is 1. The van der Waals surface area contributed by atoms with E-state index in [1.807, 2.05) is 68.5 Å². The smallest absolute Gasteiger partial charge is 0.167 e. The number of piperidine rings is 1. The predicted octanol–water partition coefficient (Wildman–Crippen LogP) is 5.87. The third-order valence-corrected chi connectivity index (χ3v) is 6.25. The zero-order chi connectivity index (χ0) is 22.8. The van der Waals surface area contributed by atoms with Crippen LogP contribution in [0.5, 0.6) is 0 Å². The topological polar surface area (TPSA) is 46.1 Å². The number of carbonyl (C=O) groups is 1. The summed E-state index contributed by atoms with van der Waals surface area (Å²) in [6, 6.07) is 28.4. The fourth-order valence-corrected chi connectivity index (χ4v) is 4.72. The van der Waals surface area contributed by atoms with Crippen molar-refractivity contribution >= 4 is 22.9 Å². The van der Waals surface area contributed by atoms with Crippen LogP contribution in [-0.2, 0) is 11.3 Å². The molecular weight excluding hydrogens is 406 g/mol. The molecule has 2 heterocycles. The van der Waals surface area contributed by atoms with Gasteiger partial charge in [0.05, 0.1) is 29.0 Å². The number of para-hydroxylation sites is 2. The van der Waals surface area contributed by atoms with Gasteiger partial charge in [0.2, 0.25) is 0 Å². The minimum absolute atomic E-state index is 0.153. The second-order valence-electron chi connectivity index (χ2n) is 9.30. The molecule has 4 heteroatoms. The summed E-state index contributed by atoms with van der Waals surface area (Å²) < 4.78 is 0. The first kappa shape index (κ1) is 21.2. The first-order valence-corrected chi connectivity index (χ1v) is 11.3. The van der Waals surface area contributed by atoms with Gasteiger partial charge in [-0.1, -0.05) is 86.6 Å². The maximum atomic E-state index is 13.8. The second-order valence-corrected chi connectivity index (χ2v) is 9.30. The van der Waals surface area contributed by atoms with Crippen LogP contribution < -0.4 is 0 Å². The minimum atomic E-state index is -0.504. The van der Waals surface area contributed by atoms with Gasteiger partial charge in [0.15, 0.2) is 5.78 Å². The number of carbonyl (C=O) groups excluding carboxylic acids is 1. The number of nitrogens with zero attached hydrogens (tertiary/aromatic N) is 3. The summed E-state index contributed by atoms with van der Waals surface area (Å²) in [4.78, 5) is 25.5. The summed E-state index contributed by atoms with van der Waals surface area (Å²) >= 11 is 0. The zero-order valence-corrected chi connectivity index (χ0v) is 19.0. The van der Waals surface area contributed by atoms with Gasteiger partial charge in [0.1, 0.15) is 0 Å². The highest BCUT2D eigenvalue weighted by atomic mass is 16.1. The van der Waals surface area contributed by atoms with Crippen molar-refractivity contribution in [3.05, 3.63) is 114 Å². The molecule has 1 atom stereocenters. The second kappa shape index (κ2) is 8.72. The SMILES string of the molecule is CC1(C)CN(Cc2ccccc2)C(c2ccccc2)/C(=C/c2cnc3ccccc3n2)C1=O. The lowest BCUT2D eigenvalue weighted by Crippen LogP contribution is -2.49. The van der Waals surface area contributed by atoms with E-state index < -0.39 is 5.41 Å². The Bertz CT molecular complexity index is 1310. The van der Waals surface area contributed by atoms with Gasteiger partial charge in [-0.05, 0) is 29.3 Å². The molecule has 33 heavy (non-hydrogen) atoms. The van der Waals surface area contributed by atoms with Crippen LogP contribution in [0.1, 0.15) is 36.7 Å². The molecule has 0 saturated carbocycles. The molecule has 0 amide bonds. The molecule has 0 radical (unpaired) electrons. The van der Waals surface area contributed by atoms with E-state index in [1.54, 1.807) is 6.20 Å². The van der Waals surface area contributed by atoms with Crippen LogP contribution in [0.15, 0.2) is 96.7 Å². The Morgan fingerprint density at radius 1 is 0.909 bits per heavy atom. The fourth-order valence-electron chi connectivity index (χ4n) is 4.72. The number of aromatic nitrogens is 2. The van der Waals surface area contributed by atoms with E-state index in [1.165, 1.54) is 5.56 Å². The summed E-state index contributed by atoms with van der Waals surface area (Å²) in [5.41, 5.74) is 4.97. The number of hydrogen-bond donors (Lipinski definition) is 0. The van der Waals surface area contributed by atoms with Gasteiger partial charge in [0.25, 0.3) is 0 Å². The Labute approximate surface area is 194 Å². The van der Waals surface area contributed by atoms with Gasteiger partial charge in [-0.2, -0.15) is 0 Å². The lowest BCUT2D eigenvalue weighted by molar-refractivity contribution is -0.128. The van der Waals surface area contributed by atoms with Crippen molar-refractivity contribution < 1.29 is 4.79 Å². The highest BCUT2D eigenvalue weighted by Crippen LogP contribution is 2.42. The van der Waals surface area contributed by atoms with E-state index in [2.05, 4.69) is 46.3 Å². The molecule has 1 aromatic heterocycles. The Morgan fingerprint density at radius 2 is 1.55 bits per heavy atom. The molecule has 1 aliphatic rings. The molecule has 0 N–H and O–H groups in total. The van der Waals surface area contributed by atoms with Gasteiger partial charge >= 0.3 is 0 Å². The molecular formula is C29H27N3O. The van der Waals surface area contributed by atoms with Crippen molar-refractivity contribution in [2.75, 3.05) is 6.54 Å². The van der Waals surface area contributed by atoms with Crippen LogP contribution in [0.2, 0.25) is 0 Å². The molecule has 0 aliphatic carbocycles. The van der Waals surface area contributed by atoms with E-state index in [9.17, 15) is 4.79 Å². The van der Waals surface area contributed by atoms with Crippen LogP contribution in [0.25, 0.3) is 17.1 Å². The van der Waals surface area contributed by atoms with E-state index in [4.69, 9.17) is 4.98 Å². The molecule has 1 saturated heterocycles. The molecule has 0 bridgehead atoms. The van der Waals surface area contributed by atoms with Crippen molar-refractivity contribution in [2.24, 2.45) is 5.41 Å². The number of rotatable bonds is 4. The fraction of sp³-hybridized carbons (Fsp3) is 0.207. The summed E-state index contributed by atoms with van der Waals surface area (Å²) in [7, 11) is 0. The molecule has 1 unspecified atom stereocenters. The van der Waals surface area contributed by atoms with Crippen LogP contribution in [0, 0.1) is 5.41 Å². The van der Waals surface area contributed by atoms with E-state index in [0.29, 0.717) is 12.2 Å². The number of hydrogen-bond acceptors (Lipinski definition) is 4. The Morgan fingerprint density at radius 3 is 2.27 bits per heavy atom. The molecule has 1 aliphatic heterocycles. The largest absolute Gasteiger partial charge is 0.294 e. The van der Waals surface area contributed by atoms with Crippen molar-refractivity contribution in [3.8, 4) is 0 Å². The van der Waals surface area contributed by atoms with Gasteiger partial charge < -0.3 is 0 Å². The van der Waals surface area contributed by atoms with Gasteiger partial charge in [-0.3, -0.25) is 14.7 Å². The molecule has 3 aromatic carbocycles. The Kier molecular flexibility index (Phi) is 5.61. The number of ketones is 1. The standard InChI is InChI=1S/C29H27N3O/c1-29(2)20-32(19-21-11-5-3-6-12-21)27(22-13-7-4-8-14-22)24(28(29)33)17-23-18-30-25-15-9-10-16-26(25)31-23/h3-18,27H,19-20H2,1-2H3/b24-17-. The summed E-state index contributed by atoms with van der Waals surface area (Å²) in [5, 5.41) is 0. The van der Waals surface area contributed by atoms with Crippen molar-refractivity contribution in [3.63, 3.8) is 0 Å². The van der Waals surface area contributed by atoms with Crippen LogP contribution >= 0.6 is 0 Å². The van der Waals surface area contributed by atoms with E-state index >= 15 is 0 Å². The van der Waals surface area contributed by atoms with Gasteiger partial charge in [-0.15, -0.1) is 0 Å². The monoisotopic (exact) mass is 433 g/mol. The third kappa shape index (κ3) is 4.35. The average Bonchev–Trinajstić information content (AvgIpc) is 2.83. The molecule has 0 spiro atoms. The lowest BCUT2D eigenvalue weighted by atomic mass is 9.74. The summed E-state index contributed by atoms with van der Waals surface area (Å²) in [5.74, 6) is 0.163. The molecule has 5 rings (SSSR count). The quantitative estimate of drug-likeness (QED) is 0.378. The van der Waals surface area contributed by atoms with Gasteiger partial charge in [-0.25, -0.2) is 4.98 Å². The van der Waals surface area contributed by atoms with Crippen LogP contribution in [0.4, 0.5) is 0 Å². The molecule has 1 fully saturated rings.